The molecule has 2 atom stereocenters. The van der Waals surface area contributed by atoms with Crippen LogP contribution in [0.5, 0.6) is 0 Å². The summed E-state index contributed by atoms with van der Waals surface area (Å²) in [5.41, 5.74) is 0. The Labute approximate surface area is 136 Å². The summed E-state index contributed by atoms with van der Waals surface area (Å²) in [6, 6.07) is 0.157. The summed E-state index contributed by atoms with van der Waals surface area (Å²) in [6.45, 7) is 5.05. The van der Waals surface area contributed by atoms with Gasteiger partial charge in [0.15, 0.2) is 0 Å². The smallest absolute Gasteiger partial charge is 0.223 e. The van der Waals surface area contributed by atoms with Crippen molar-refractivity contribution in [3.05, 3.63) is 24.3 Å². The van der Waals surface area contributed by atoms with Gasteiger partial charge >= 0.3 is 0 Å². The monoisotopic (exact) mass is 307 g/mol. The summed E-state index contributed by atoms with van der Waals surface area (Å²) in [4.78, 5) is 13.9. The molecule has 0 bridgehead atoms. The molecule has 1 aliphatic heterocycles. The lowest BCUT2D eigenvalue weighted by molar-refractivity contribution is -0.127. The highest BCUT2D eigenvalue weighted by molar-refractivity contribution is 5.79. The van der Waals surface area contributed by atoms with Crippen molar-refractivity contribution in [1.82, 2.24) is 4.90 Å². The lowest BCUT2D eigenvalue weighted by Crippen LogP contribution is -2.32. The Balaban J connectivity index is 2.39. The Hall–Kier alpha value is -1.09. The van der Waals surface area contributed by atoms with Gasteiger partial charge in [-0.15, -0.1) is 0 Å². The van der Waals surface area contributed by atoms with Crippen LogP contribution in [0.25, 0.3) is 0 Å². The molecule has 1 amide bonds. The molecule has 1 saturated heterocycles. The number of hydrogen-bond acceptors (Lipinski definition) is 2. The van der Waals surface area contributed by atoms with Gasteiger partial charge in [0, 0.05) is 13.0 Å². The number of amides is 1. The van der Waals surface area contributed by atoms with Crippen LogP contribution in [0, 0.1) is 0 Å². The molecule has 2 unspecified atom stereocenters. The van der Waals surface area contributed by atoms with Crippen LogP contribution in [0.3, 0.4) is 0 Å². The molecule has 0 aromatic rings. The fourth-order valence-electron chi connectivity index (χ4n) is 2.78. The van der Waals surface area contributed by atoms with Gasteiger partial charge in [-0.25, -0.2) is 0 Å². The predicted molar refractivity (Wildman–Crippen MR) is 92.7 cm³/mol. The van der Waals surface area contributed by atoms with Crippen LogP contribution in [0.15, 0.2) is 24.3 Å². The number of aliphatic hydroxyl groups is 1. The SMILES string of the molecule is CCCCC=CCN1C(=O)CCC1/C=C/C(O)CCCCC. The maximum absolute atomic E-state index is 12.0. The van der Waals surface area contributed by atoms with Gasteiger partial charge in [0.25, 0.3) is 0 Å². The Kier molecular flexibility index (Phi) is 9.89. The Morgan fingerprint density at radius 1 is 1.23 bits per heavy atom. The molecule has 126 valence electrons. The standard InChI is InChI=1S/C19H33NO2/c1-3-5-7-8-10-16-20-17(13-15-19(20)22)12-14-18(21)11-9-6-4-2/h8,10,12,14,17-18,21H,3-7,9,11,13,15-16H2,1-2H3/b10-8?,14-12+. The third-order valence-electron chi connectivity index (χ3n) is 4.23. The first-order chi connectivity index (χ1) is 10.7. The second-order valence-corrected chi connectivity index (χ2v) is 6.21. The highest BCUT2D eigenvalue weighted by Crippen LogP contribution is 2.20. The second-order valence-electron chi connectivity index (χ2n) is 6.21. The maximum Gasteiger partial charge on any atom is 0.223 e. The molecule has 0 radical (unpaired) electrons. The molecule has 1 rings (SSSR count). The minimum absolute atomic E-state index is 0.157. The topological polar surface area (TPSA) is 40.5 Å². The minimum atomic E-state index is -0.371. The molecule has 1 heterocycles. The lowest BCUT2D eigenvalue weighted by atomic mass is 10.1. The molecule has 3 nitrogen and oxygen atoms in total. The predicted octanol–water partition coefficient (Wildman–Crippen LogP) is 4.22. The van der Waals surface area contributed by atoms with E-state index in [2.05, 4.69) is 26.0 Å². The number of allylic oxidation sites excluding steroid dienone is 1. The van der Waals surface area contributed by atoms with E-state index in [9.17, 15) is 9.90 Å². The van der Waals surface area contributed by atoms with Gasteiger partial charge < -0.3 is 10.0 Å². The van der Waals surface area contributed by atoms with Crippen molar-refractivity contribution in [2.24, 2.45) is 0 Å². The summed E-state index contributed by atoms with van der Waals surface area (Å²) in [6.07, 6.45) is 17.1. The van der Waals surface area contributed by atoms with Crippen molar-refractivity contribution >= 4 is 5.91 Å². The van der Waals surface area contributed by atoms with E-state index in [1.807, 2.05) is 17.1 Å². The summed E-state index contributed by atoms with van der Waals surface area (Å²) >= 11 is 0. The largest absolute Gasteiger partial charge is 0.389 e. The zero-order valence-corrected chi connectivity index (χ0v) is 14.3. The molecule has 1 aliphatic rings. The van der Waals surface area contributed by atoms with Gasteiger partial charge in [-0.3, -0.25) is 4.79 Å². The van der Waals surface area contributed by atoms with Gasteiger partial charge in [-0.1, -0.05) is 70.3 Å². The van der Waals surface area contributed by atoms with E-state index in [0.29, 0.717) is 13.0 Å². The normalized spacial score (nSPS) is 20.6. The first-order valence-electron chi connectivity index (χ1n) is 8.99. The third-order valence-corrected chi connectivity index (χ3v) is 4.23. The van der Waals surface area contributed by atoms with E-state index < -0.39 is 0 Å². The first-order valence-corrected chi connectivity index (χ1v) is 8.99. The van der Waals surface area contributed by atoms with E-state index in [0.717, 1.165) is 25.7 Å². The fourth-order valence-corrected chi connectivity index (χ4v) is 2.78. The van der Waals surface area contributed by atoms with Crippen LogP contribution < -0.4 is 0 Å². The van der Waals surface area contributed by atoms with Crippen LogP contribution in [-0.2, 0) is 4.79 Å². The van der Waals surface area contributed by atoms with Crippen molar-refractivity contribution in [2.45, 2.75) is 83.8 Å². The highest BCUT2D eigenvalue weighted by Gasteiger charge is 2.27. The average Bonchev–Trinajstić information content (AvgIpc) is 2.86. The van der Waals surface area contributed by atoms with E-state index in [1.54, 1.807) is 0 Å². The molecule has 1 N–H and O–H groups in total. The molecular weight excluding hydrogens is 274 g/mol. The van der Waals surface area contributed by atoms with Gasteiger partial charge in [-0.2, -0.15) is 0 Å². The van der Waals surface area contributed by atoms with Crippen LogP contribution in [0.2, 0.25) is 0 Å². The van der Waals surface area contributed by atoms with Gasteiger partial charge in [-0.05, 0) is 19.3 Å². The molecule has 0 aliphatic carbocycles. The number of likely N-dealkylation sites (tertiary alicyclic amines) is 1. The van der Waals surface area contributed by atoms with Crippen LogP contribution >= 0.6 is 0 Å². The number of carbonyl (C=O) groups excluding carboxylic acids is 1. The fraction of sp³-hybridized carbons (Fsp3) is 0.737. The number of unbranched alkanes of at least 4 members (excludes halogenated alkanes) is 4. The quantitative estimate of drug-likeness (QED) is 0.458. The minimum Gasteiger partial charge on any atom is -0.389 e. The van der Waals surface area contributed by atoms with E-state index >= 15 is 0 Å². The molecular formula is C19H33NO2. The average molecular weight is 307 g/mol. The first kappa shape index (κ1) is 19.0. The Morgan fingerprint density at radius 2 is 2.00 bits per heavy atom. The second kappa shape index (κ2) is 11.5. The van der Waals surface area contributed by atoms with Gasteiger partial charge in [0.05, 0.1) is 12.1 Å². The van der Waals surface area contributed by atoms with Crippen molar-refractivity contribution in [3.63, 3.8) is 0 Å². The number of aliphatic hydroxyl groups excluding tert-OH is 1. The summed E-state index contributed by atoms with van der Waals surface area (Å²) in [7, 11) is 0. The van der Waals surface area contributed by atoms with Crippen molar-refractivity contribution in [1.29, 1.82) is 0 Å². The van der Waals surface area contributed by atoms with Crippen molar-refractivity contribution in [3.8, 4) is 0 Å². The van der Waals surface area contributed by atoms with Crippen molar-refractivity contribution < 1.29 is 9.90 Å². The number of rotatable bonds is 11. The molecule has 0 saturated carbocycles. The third kappa shape index (κ3) is 7.26. The van der Waals surface area contributed by atoms with E-state index in [4.69, 9.17) is 0 Å². The van der Waals surface area contributed by atoms with Crippen LogP contribution in [-0.4, -0.2) is 34.6 Å². The van der Waals surface area contributed by atoms with Gasteiger partial charge in [0.1, 0.15) is 0 Å². The molecule has 22 heavy (non-hydrogen) atoms. The zero-order valence-electron chi connectivity index (χ0n) is 14.3. The number of hydrogen-bond donors (Lipinski definition) is 1. The molecule has 3 heteroatoms. The number of carbonyl (C=O) groups is 1. The molecule has 1 fully saturated rings. The van der Waals surface area contributed by atoms with Gasteiger partial charge in [0.2, 0.25) is 5.91 Å². The van der Waals surface area contributed by atoms with Crippen LogP contribution in [0.4, 0.5) is 0 Å². The Bertz CT molecular complexity index is 362. The lowest BCUT2D eigenvalue weighted by Gasteiger charge is -2.21. The number of nitrogens with zero attached hydrogens (tertiary/aromatic N) is 1. The summed E-state index contributed by atoms with van der Waals surface area (Å²) < 4.78 is 0. The highest BCUT2D eigenvalue weighted by atomic mass is 16.3. The maximum atomic E-state index is 12.0. The molecule has 0 aromatic heterocycles. The molecule has 0 aromatic carbocycles. The van der Waals surface area contributed by atoms with E-state index in [-0.39, 0.29) is 18.1 Å². The Morgan fingerprint density at radius 3 is 2.73 bits per heavy atom. The summed E-state index contributed by atoms with van der Waals surface area (Å²) in [5.74, 6) is 0.232. The van der Waals surface area contributed by atoms with Crippen molar-refractivity contribution in [2.75, 3.05) is 6.54 Å². The zero-order chi connectivity index (χ0) is 16.2. The summed E-state index contributed by atoms with van der Waals surface area (Å²) in [5, 5.41) is 9.96. The molecule has 0 spiro atoms. The van der Waals surface area contributed by atoms with Crippen LogP contribution in [0.1, 0.15) is 71.6 Å². The van der Waals surface area contributed by atoms with E-state index in [1.165, 1.54) is 25.7 Å².